The molecule has 2 rings (SSSR count). The molecule has 0 saturated heterocycles. The molecule has 9 heteroatoms. The topological polar surface area (TPSA) is 78.3 Å². The predicted molar refractivity (Wildman–Crippen MR) is 77.6 cm³/mol. The second kappa shape index (κ2) is 7.01. The van der Waals surface area contributed by atoms with Gasteiger partial charge >= 0.3 is 6.18 Å². The van der Waals surface area contributed by atoms with Crippen molar-refractivity contribution in [2.75, 3.05) is 17.3 Å². The zero-order valence-corrected chi connectivity index (χ0v) is 12.7. The first-order valence-corrected chi connectivity index (χ1v) is 8.24. The third kappa shape index (κ3) is 4.02. The van der Waals surface area contributed by atoms with Crippen molar-refractivity contribution < 1.29 is 23.4 Å². The summed E-state index contributed by atoms with van der Waals surface area (Å²) in [7, 11) is 0. The largest absolute Gasteiger partial charge is 0.433 e. The number of nitrogens with one attached hydrogen (secondary N) is 1. The zero-order valence-electron chi connectivity index (χ0n) is 11.9. The third-order valence-corrected chi connectivity index (χ3v) is 4.50. The first-order valence-electron chi connectivity index (χ1n) is 6.84. The van der Waals surface area contributed by atoms with Crippen molar-refractivity contribution in [1.82, 2.24) is 9.97 Å². The summed E-state index contributed by atoms with van der Waals surface area (Å²) in [5, 5.41) is 22.9. The van der Waals surface area contributed by atoms with Crippen molar-refractivity contribution >= 4 is 17.7 Å². The lowest BCUT2D eigenvalue weighted by Gasteiger charge is -2.37. The molecule has 1 aromatic rings. The van der Waals surface area contributed by atoms with Crippen molar-refractivity contribution in [2.45, 2.75) is 37.3 Å². The van der Waals surface area contributed by atoms with Crippen LogP contribution < -0.4 is 5.32 Å². The van der Waals surface area contributed by atoms with Crippen LogP contribution in [0.2, 0.25) is 0 Å². The summed E-state index contributed by atoms with van der Waals surface area (Å²) in [4.78, 5) is 7.15. The Bertz CT molecular complexity index is 504. The van der Waals surface area contributed by atoms with Gasteiger partial charge in [0.2, 0.25) is 5.95 Å². The summed E-state index contributed by atoms with van der Waals surface area (Å²) >= 11 is 1.58. The normalized spacial score (nSPS) is 29.4. The van der Waals surface area contributed by atoms with Crippen LogP contribution in [0.4, 0.5) is 19.1 Å². The fraction of sp³-hybridized carbons (Fsp3) is 0.692. The number of rotatable bonds is 4. The third-order valence-electron chi connectivity index (χ3n) is 3.73. The van der Waals surface area contributed by atoms with Crippen LogP contribution in [-0.4, -0.2) is 50.4 Å². The highest BCUT2D eigenvalue weighted by Crippen LogP contribution is 2.30. The van der Waals surface area contributed by atoms with Gasteiger partial charge in [-0.25, -0.2) is 9.97 Å². The highest BCUT2D eigenvalue weighted by molar-refractivity contribution is 7.98. The van der Waals surface area contributed by atoms with Crippen molar-refractivity contribution in [3.8, 4) is 0 Å². The van der Waals surface area contributed by atoms with Gasteiger partial charge in [-0.2, -0.15) is 24.9 Å². The SMILES string of the molecule is CSC[C@H]1CCC(Nc2nccc(C(F)(F)F)n2)C(O)[C@H]1O. The fourth-order valence-corrected chi connectivity index (χ4v) is 3.35. The van der Waals surface area contributed by atoms with Crippen molar-refractivity contribution in [2.24, 2.45) is 5.92 Å². The minimum atomic E-state index is -4.55. The Morgan fingerprint density at radius 2 is 2.05 bits per heavy atom. The maximum Gasteiger partial charge on any atom is 0.433 e. The fourth-order valence-electron chi connectivity index (χ4n) is 2.56. The standard InChI is InChI=1S/C13H18F3N3O2S/c1-22-6-7-2-3-8(11(21)10(7)20)18-12-17-5-4-9(19-12)13(14,15)16/h4-5,7-8,10-11,20-21H,2-3,6H2,1H3,(H,17,18,19)/t7-,8?,10+,11?/m1/s1. The van der Waals surface area contributed by atoms with Crippen molar-refractivity contribution in [3.05, 3.63) is 18.0 Å². The van der Waals surface area contributed by atoms with Gasteiger partial charge in [-0.05, 0) is 36.8 Å². The van der Waals surface area contributed by atoms with E-state index in [1.54, 1.807) is 11.8 Å². The molecule has 124 valence electrons. The van der Waals surface area contributed by atoms with Crippen LogP contribution in [0, 0.1) is 5.92 Å². The number of aromatic nitrogens is 2. The Hall–Kier alpha value is -1.06. The van der Waals surface area contributed by atoms with E-state index in [0.717, 1.165) is 18.0 Å². The van der Waals surface area contributed by atoms with Crippen LogP contribution in [0.15, 0.2) is 12.3 Å². The molecule has 1 fully saturated rings. The lowest BCUT2D eigenvalue weighted by atomic mass is 9.82. The molecule has 2 unspecified atom stereocenters. The number of thioether (sulfide) groups is 1. The number of halogens is 3. The van der Waals surface area contributed by atoms with Gasteiger partial charge in [-0.3, -0.25) is 0 Å². The minimum absolute atomic E-state index is 0.0227. The maximum absolute atomic E-state index is 12.6. The number of nitrogens with zero attached hydrogens (tertiary/aromatic N) is 2. The Morgan fingerprint density at radius 3 is 2.68 bits per heavy atom. The van der Waals surface area contributed by atoms with Crippen LogP contribution in [-0.2, 0) is 6.18 Å². The van der Waals surface area contributed by atoms with Gasteiger partial charge in [-0.15, -0.1) is 0 Å². The molecule has 1 heterocycles. The first kappa shape index (κ1) is 17.3. The molecular formula is C13H18F3N3O2S. The average molecular weight is 337 g/mol. The second-order valence-corrected chi connectivity index (χ2v) is 6.20. The van der Waals surface area contributed by atoms with Gasteiger partial charge in [0.05, 0.1) is 12.1 Å². The summed E-state index contributed by atoms with van der Waals surface area (Å²) in [6.07, 6.45) is -2.39. The number of aliphatic hydroxyl groups excluding tert-OH is 2. The molecule has 0 spiro atoms. The van der Waals surface area contributed by atoms with Crippen LogP contribution >= 0.6 is 11.8 Å². The molecule has 0 bridgehead atoms. The smallest absolute Gasteiger partial charge is 0.390 e. The van der Waals surface area contributed by atoms with Gasteiger partial charge in [0.25, 0.3) is 0 Å². The lowest BCUT2D eigenvalue weighted by Crippen LogP contribution is -2.50. The zero-order chi connectivity index (χ0) is 16.3. The summed E-state index contributed by atoms with van der Waals surface area (Å²) in [5.74, 6) is 0.505. The van der Waals surface area contributed by atoms with E-state index < -0.39 is 30.1 Å². The molecule has 1 aromatic heterocycles. The Balaban J connectivity index is 2.05. The van der Waals surface area contributed by atoms with E-state index in [9.17, 15) is 23.4 Å². The summed E-state index contributed by atoms with van der Waals surface area (Å²) in [5.41, 5.74) is -1.05. The van der Waals surface area contributed by atoms with E-state index in [2.05, 4.69) is 15.3 Å². The quantitative estimate of drug-likeness (QED) is 0.777. The molecule has 1 saturated carbocycles. The molecule has 4 atom stereocenters. The van der Waals surface area contributed by atoms with Crippen LogP contribution in [0.3, 0.4) is 0 Å². The van der Waals surface area contributed by atoms with Gasteiger partial charge in [-0.1, -0.05) is 0 Å². The molecule has 22 heavy (non-hydrogen) atoms. The van der Waals surface area contributed by atoms with Gasteiger partial charge in [0.1, 0.15) is 11.8 Å². The Morgan fingerprint density at radius 1 is 1.32 bits per heavy atom. The molecule has 1 aliphatic carbocycles. The average Bonchev–Trinajstić information content (AvgIpc) is 2.46. The first-order chi connectivity index (χ1) is 10.3. The molecule has 0 aromatic carbocycles. The van der Waals surface area contributed by atoms with Crippen molar-refractivity contribution in [1.29, 1.82) is 0 Å². The van der Waals surface area contributed by atoms with Crippen LogP contribution in [0.1, 0.15) is 18.5 Å². The monoisotopic (exact) mass is 337 g/mol. The maximum atomic E-state index is 12.6. The van der Waals surface area contributed by atoms with E-state index >= 15 is 0 Å². The van der Waals surface area contributed by atoms with E-state index in [-0.39, 0.29) is 11.9 Å². The number of aliphatic hydroxyl groups is 2. The van der Waals surface area contributed by atoms with E-state index in [1.165, 1.54) is 0 Å². The lowest BCUT2D eigenvalue weighted by molar-refractivity contribution is -0.141. The Kier molecular flexibility index (Phi) is 5.51. The highest BCUT2D eigenvalue weighted by Gasteiger charge is 2.38. The molecule has 5 nitrogen and oxygen atoms in total. The summed E-state index contributed by atoms with van der Waals surface area (Å²) in [6.45, 7) is 0. The van der Waals surface area contributed by atoms with Gasteiger partial charge < -0.3 is 15.5 Å². The predicted octanol–water partition coefficient (Wildman–Crippen LogP) is 1.77. The molecule has 3 N–H and O–H groups in total. The number of anilines is 1. The molecule has 1 aliphatic rings. The number of alkyl halides is 3. The van der Waals surface area contributed by atoms with Crippen LogP contribution in [0.25, 0.3) is 0 Å². The minimum Gasteiger partial charge on any atom is -0.390 e. The van der Waals surface area contributed by atoms with E-state index in [1.807, 2.05) is 6.26 Å². The number of hydrogen-bond donors (Lipinski definition) is 3. The van der Waals surface area contributed by atoms with E-state index in [0.29, 0.717) is 12.8 Å². The Labute approximate surface area is 130 Å². The van der Waals surface area contributed by atoms with E-state index in [4.69, 9.17) is 0 Å². The molecule has 0 amide bonds. The number of hydrogen-bond acceptors (Lipinski definition) is 6. The summed E-state index contributed by atoms with van der Waals surface area (Å²) < 4.78 is 37.8. The molecule has 0 radical (unpaired) electrons. The van der Waals surface area contributed by atoms with Gasteiger partial charge in [0.15, 0.2) is 0 Å². The highest BCUT2D eigenvalue weighted by atomic mass is 32.2. The molecule has 0 aliphatic heterocycles. The molecular weight excluding hydrogens is 319 g/mol. The van der Waals surface area contributed by atoms with Gasteiger partial charge in [0, 0.05) is 6.20 Å². The summed E-state index contributed by atoms with van der Waals surface area (Å²) in [6, 6.07) is 0.211. The van der Waals surface area contributed by atoms with Crippen LogP contribution in [0.5, 0.6) is 0 Å². The van der Waals surface area contributed by atoms with Crippen molar-refractivity contribution in [3.63, 3.8) is 0 Å². The second-order valence-electron chi connectivity index (χ2n) is 5.29.